The van der Waals surface area contributed by atoms with Crippen molar-refractivity contribution in [3.63, 3.8) is 0 Å². The second-order valence-electron chi connectivity index (χ2n) is 4.12. The molecule has 2 aliphatic rings. The number of carboxylic acids is 1. The van der Waals surface area contributed by atoms with Crippen molar-refractivity contribution in [2.75, 3.05) is 25.6 Å². The molecule has 0 amide bonds. The van der Waals surface area contributed by atoms with E-state index in [9.17, 15) is 9.90 Å². The summed E-state index contributed by atoms with van der Waals surface area (Å²) in [7, 11) is 1.82. The van der Waals surface area contributed by atoms with Crippen molar-refractivity contribution in [1.29, 1.82) is 0 Å². The highest BCUT2D eigenvalue weighted by molar-refractivity contribution is 5.97. The third-order valence-corrected chi connectivity index (χ3v) is 3.27. The normalized spacial score (nSPS) is 15.8. The zero-order valence-electron chi connectivity index (χ0n) is 9.50. The lowest BCUT2D eigenvalue weighted by Crippen LogP contribution is -2.06. The molecule has 90 valence electrons. The van der Waals surface area contributed by atoms with Gasteiger partial charge in [-0.3, -0.25) is 0 Å². The predicted octanol–water partition coefficient (Wildman–Crippen LogP) is 1.30. The van der Waals surface area contributed by atoms with E-state index < -0.39 is 5.97 Å². The van der Waals surface area contributed by atoms with Crippen LogP contribution in [0.25, 0.3) is 0 Å². The van der Waals surface area contributed by atoms with Gasteiger partial charge in [-0.15, -0.1) is 0 Å². The van der Waals surface area contributed by atoms with Gasteiger partial charge in [0.25, 0.3) is 0 Å². The summed E-state index contributed by atoms with van der Waals surface area (Å²) in [4.78, 5) is 11.4. The second-order valence-corrected chi connectivity index (χ2v) is 4.12. The molecule has 5 heteroatoms. The lowest BCUT2D eigenvalue weighted by atomic mass is 9.97. The van der Waals surface area contributed by atoms with Crippen LogP contribution in [-0.2, 0) is 12.8 Å². The van der Waals surface area contributed by atoms with Gasteiger partial charge >= 0.3 is 5.97 Å². The van der Waals surface area contributed by atoms with Gasteiger partial charge < -0.3 is 19.9 Å². The van der Waals surface area contributed by atoms with Gasteiger partial charge in [-0.05, 0) is 0 Å². The average Bonchev–Trinajstić information content (AvgIpc) is 2.92. The number of aromatic carboxylic acids is 1. The maximum Gasteiger partial charge on any atom is 0.339 e. The molecule has 0 fully saturated rings. The van der Waals surface area contributed by atoms with Gasteiger partial charge in [0.05, 0.1) is 18.9 Å². The quantitative estimate of drug-likeness (QED) is 0.808. The van der Waals surface area contributed by atoms with Crippen LogP contribution in [0.5, 0.6) is 11.5 Å². The molecule has 2 aliphatic heterocycles. The van der Waals surface area contributed by atoms with Crippen LogP contribution >= 0.6 is 0 Å². The third-order valence-electron chi connectivity index (χ3n) is 3.27. The standard InChI is InChI=1S/C12H13NO4/c1-13-9-7-3-5-16-10(7)8(12(14)15)6-2-4-17-11(6)9/h13H,2-5H2,1H3,(H,14,15). The maximum absolute atomic E-state index is 11.4. The van der Waals surface area contributed by atoms with E-state index in [2.05, 4.69) is 5.32 Å². The average molecular weight is 235 g/mol. The van der Waals surface area contributed by atoms with Gasteiger partial charge in [0.15, 0.2) is 0 Å². The Morgan fingerprint density at radius 2 is 1.82 bits per heavy atom. The lowest BCUT2D eigenvalue weighted by molar-refractivity contribution is 0.0692. The highest BCUT2D eigenvalue weighted by Gasteiger charge is 2.33. The highest BCUT2D eigenvalue weighted by Crippen LogP contribution is 2.47. The Balaban J connectivity index is 2.34. The molecule has 0 spiro atoms. The molecule has 0 radical (unpaired) electrons. The van der Waals surface area contributed by atoms with Crippen LogP contribution in [0.3, 0.4) is 0 Å². The van der Waals surface area contributed by atoms with Crippen molar-refractivity contribution in [3.8, 4) is 11.5 Å². The molecule has 0 aromatic heterocycles. The zero-order valence-corrected chi connectivity index (χ0v) is 9.50. The Morgan fingerprint density at radius 1 is 1.18 bits per heavy atom. The number of hydrogen-bond donors (Lipinski definition) is 2. The number of anilines is 1. The molecular formula is C12H13NO4. The molecule has 5 nitrogen and oxygen atoms in total. The Hall–Kier alpha value is -1.91. The van der Waals surface area contributed by atoms with Crippen molar-refractivity contribution in [2.45, 2.75) is 12.8 Å². The number of nitrogens with one attached hydrogen (secondary N) is 1. The van der Waals surface area contributed by atoms with Gasteiger partial charge in [0.2, 0.25) is 0 Å². The van der Waals surface area contributed by atoms with E-state index in [4.69, 9.17) is 9.47 Å². The Bertz CT molecular complexity index is 475. The summed E-state index contributed by atoms with van der Waals surface area (Å²) < 4.78 is 11.0. The van der Waals surface area contributed by atoms with Crippen LogP contribution in [0.1, 0.15) is 21.5 Å². The number of benzene rings is 1. The van der Waals surface area contributed by atoms with Crippen molar-refractivity contribution >= 4 is 11.7 Å². The minimum atomic E-state index is -0.937. The van der Waals surface area contributed by atoms with Gasteiger partial charge in [0.1, 0.15) is 17.1 Å². The first kappa shape index (κ1) is 10.3. The van der Waals surface area contributed by atoms with Crippen molar-refractivity contribution < 1.29 is 19.4 Å². The summed E-state index contributed by atoms with van der Waals surface area (Å²) in [6, 6.07) is 0. The van der Waals surface area contributed by atoms with Gasteiger partial charge in [-0.2, -0.15) is 0 Å². The molecule has 0 aliphatic carbocycles. The molecule has 3 rings (SSSR count). The van der Waals surface area contributed by atoms with Crippen LogP contribution in [0, 0.1) is 0 Å². The first-order valence-corrected chi connectivity index (χ1v) is 5.62. The minimum Gasteiger partial charge on any atom is -0.492 e. The van der Waals surface area contributed by atoms with E-state index >= 15 is 0 Å². The smallest absolute Gasteiger partial charge is 0.339 e. The largest absolute Gasteiger partial charge is 0.492 e. The van der Waals surface area contributed by atoms with E-state index in [-0.39, 0.29) is 5.56 Å². The van der Waals surface area contributed by atoms with E-state index in [1.165, 1.54) is 0 Å². The summed E-state index contributed by atoms with van der Waals surface area (Å²) in [6.45, 7) is 1.07. The van der Waals surface area contributed by atoms with Crippen LogP contribution in [0.15, 0.2) is 0 Å². The molecule has 0 bridgehead atoms. The molecule has 1 aromatic rings. The van der Waals surface area contributed by atoms with Crippen LogP contribution in [-0.4, -0.2) is 31.3 Å². The number of carboxylic acid groups (broad SMARTS) is 1. The van der Waals surface area contributed by atoms with E-state index in [0.717, 1.165) is 23.2 Å². The summed E-state index contributed by atoms with van der Waals surface area (Å²) in [5.74, 6) is 0.271. The summed E-state index contributed by atoms with van der Waals surface area (Å²) in [5.41, 5.74) is 2.84. The molecule has 0 atom stereocenters. The van der Waals surface area contributed by atoms with E-state index in [1.807, 2.05) is 7.05 Å². The molecule has 0 saturated carbocycles. The molecule has 0 unspecified atom stereocenters. The Labute approximate surface area is 98.3 Å². The lowest BCUT2D eigenvalue weighted by Gasteiger charge is -2.14. The number of rotatable bonds is 2. The van der Waals surface area contributed by atoms with Gasteiger partial charge in [0, 0.05) is 31.0 Å². The van der Waals surface area contributed by atoms with Gasteiger partial charge in [-0.1, -0.05) is 0 Å². The van der Waals surface area contributed by atoms with E-state index in [1.54, 1.807) is 0 Å². The predicted molar refractivity (Wildman–Crippen MR) is 61.3 cm³/mol. The highest BCUT2D eigenvalue weighted by atomic mass is 16.5. The number of hydrogen-bond acceptors (Lipinski definition) is 4. The molecule has 1 aromatic carbocycles. The number of ether oxygens (including phenoxy) is 2. The summed E-state index contributed by atoms with van der Waals surface area (Å²) >= 11 is 0. The fourth-order valence-electron chi connectivity index (χ4n) is 2.60. The van der Waals surface area contributed by atoms with E-state index in [0.29, 0.717) is 31.1 Å². The monoisotopic (exact) mass is 235 g/mol. The van der Waals surface area contributed by atoms with Crippen molar-refractivity contribution in [2.24, 2.45) is 0 Å². The number of carbonyl (C=O) groups is 1. The first-order chi connectivity index (χ1) is 8.24. The molecular weight excluding hydrogens is 222 g/mol. The molecule has 17 heavy (non-hydrogen) atoms. The zero-order chi connectivity index (χ0) is 12.0. The summed E-state index contributed by atoms with van der Waals surface area (Å²) in [5, 5.41) is 12.4. The van der Waals surface area contributed by atoms with Gasteiger partial charge in [-0.25, -0.2) is 4.79 Å². The van der Waals surface area contributed by atoms with Crippen molar-refractivity contribution in [1.82, 2.24) is 0 Å². The molecule has 2 N–H and O–H groups in total. The number of fused-ring (bicyclic) bond motifs is 2. The molecule has 0 saturated heterocycles. The van der Waals surface area contributed by atoms with Crippen LogP contribution < -0.4 is 14.8 Å². The maximum atomic E-state index is 11.4. The van der Waals surface area contributed by atoms with Crippen LogP contribution in [0.4, 0.5) is 5.69 Å². The first-order valence-electron chi connectivity index (χ1n) is 5.62. The van der Waals surface area contributed by atoms with Crippen molar-refractivity contribution in [3.05, 3.63) is 16.7 Å². The third kappa shape index (κ3) is 1.28. The minimum absolute atomic E-state index is 0.281. The fraction of sp³-hybridized carbons (Fsp3) is 0.417. The molecule has 2 heterocycles. The second kappa shape index (κ2) is 3.55. The fourth-order valence-corrected chi connectivity index (χ4v) is 2.60. The Morgan fingerprint density at radius 3 is 2.47 bits per heavy atom. The Kier molecular flexibility index (Phi) is 2.14. The summed E-state index contributed by atoms with van der Waals surface area (Å²) in [6.07, 6.45) is 1.35. The SMILES string of the molecule is CNc1c2c(c(C(=O)O)c3c1OCC3)OCC2. The topological polar surface area (TPSA) is 67.8 Å². The van der Waals surface area contributed by atoms with Crippen LogP contribution in [0.2, 0.25) is 0 Å².